The molecule has 0 aromatic heterocycles. The molecule has 0 radical (unpaired) electrons. The second kappa shape index (κ2) is 7.49. The van der Waals surface area contributed by atoms with Gasteiger partial charge in [-0.05, 0) is 6.42 Å². The quantitative estimate of drug-likeness (QED) is 0.541. The minimum atomic E-state index is -1.07. The minimum absolute atomic E-state index is 0.0405. The number of carbonyl (C=O) groups is 3. The Morgan fingerprint density at radius 3 is 2.44 bits per heavy atom. The molecule has 4 N–H and O–H groups in total. The van der Waals surface area contributed by atoms with Crippen LogP contribution in [0.15, 0.2) is 0 Å². The predicted molar refractivity (Wildman–Crippen MR) is 56.7 cm³/mol. The summed E-state index contributed by atoms with van der Waals surface area (Å²) >= 11 is 0. The van der Waals surface area contributed by atoms with E-state index in [9.17, 15) is 14.4 Å². The molecule has 0 saturated heterocycles. The topological polar surface area (TPSA) is 113 Å². The van der Waals surface area contributed by atoms with Gasteiger partial charge in [0.05, 0.1) is 0 Å². The smallest absolute Gasteiger partial charge is 0.323 e. The largest absolute Gasteiger partial charge is 0.480 e. The van der Waals surface area contributed by atoms with Crippen molar-refractivity contribution in [2.24, 2.45) is 5.73 Å². The van der Waals surface area contributed by atoms with Crippen LogP contribution < -0.4 is 11.1 Å². The molecule has 7 nitrogen and oxygen atoms in total. The van der Waals surface area contributed by atoms with Gasteiger partial charge in [0.15, 0.2) is 0 Å². The van der Waals surface area contributed by atoms with Crippen LogP contribution in [-0.4, -0.2) is 47.5 Å². The molecule has 7 heteroatoms. The third kappa shape index (κ3) is 6.63. The Hall–Kier alpha value is -1.79. The lowest BCUT2D eigenvalue weighted by Gasteiger charge is -2.20. The van der Waals surface area contributed by atoms with Crippen molar-refractivity contribution in [2.45, 2.75) is 19.8 Å². The van der Waals surface area contributed by atoms with Gasteiger partial charge in [-0.1, -0.05) is 6.92 Å². The van der Waals surface area contributed by atoms with Crippen LogP contribution in [0.1, 0.15) is 19.8 Å². The Labute approximate surface area is 93.6 Å². The van der Waals surface area contributed by atoms with Gasteiger partial charge in [-0.3, -0.25) is 9.59 Å². The summed E-state index contributed by atoms with van der Waals surface area (Å²) in [5, 5.41) is 11.0. The van der Waals surface area contributed by atoms with E-state index in [2.05, 4.69) is 5.32 Å². The lowest BCUT2D eigenvalue weighted by Crippen LogP contribution is -2.43. The number of carbonyl (C=O) groups excluding carboxylic acids is 2. The lowest BCUT2D eigenvalue weighted by atomic mass is 10.4. The predicted octanol–water partition coefficient (Wildman–Crippen LogP) is -0.632. The molecule has 0 bridgehead atoms. The summed E-state index contributed by atoms with van der Waals surface area (Å²) in [6, 6.07) is -0.495. The monoisotopic (exact) mass is 231 g/mol. The van der Waals surface area contributed by atoms with E-state index in [4.69, 9.17) is 10.8 Å². The van der Waals surface area contributed by atoms with Crippen LogP contribution in [-0.2, 0) is 9.59 Å². The van der Waals surface area contributed by atoms with Gasteiger partial charge >= 0.3 is 12.0 Å². The van der Waals surface area contributed by atoms with Crippen molar-refractivity contribution < 1.29 is 19.5 Å². The number of hydrogen-bond donors (Lipinski definition) is 3. The second-order valence-corrected chi connectivity index (χ2v) is 3.26. The third-order valence-electron chi connectivity index (χ3n) is 1.75. The second-order valence-electron chi connectivity index (χ2n) is 3.26. The van der Waals surface area contributed by atoms with E-state index >= 15 is 0 Å². The Morgan fingerprint density at radius 1 is 1.38 bits per heavy atom. The van der Waals surface area contributed by atoms with Crippen molar-refractivity contribution in [3.05, 3.63) is 0 Å². The van der Waals surface area contributed by atoms with Crippen LogP contribution in [0.5, 0.6) is 0 Å². The van der Waals surface area contributed by atoms with Gasteiger partial charge in [-0.25, -0.2) is 4.79 Å². The van der Waals surface area contributed by atoms with Gasteiger partial charge in [0, 0.05) is 19.5 Å². The summed E-state index contributed by atoms with van der Waals surface area (Å²) in [5.41, 5.74) is 4.90. The highest BCUT2D eigenvalue weighted by atomic mass is 16.4. The van der Waals surface area contributed by atoms with Crippen LogP contribution >= 0.6 is 0 Å². The number of amides is 3. The first kappa shape index (κ1) is 14.2. The molecular formula is C9H17N3O4. The van der Waals surface area contributed by atoms with Crippen molar-refractivity contribution in [2.75, 3.05) is 19.6 Å². The summed E-state index contributed by atoms with van der Waals surface area (Å²) in [4.78, 5) is 33.5. The van der Waals surface area contributed by atoms with Crippen molar-refractivity contribution >= 4 is 17.9 Å². The first-order valence-corrected chi connectivity index (χ1v) is 5.00. The standard InChI is InChI=1S/C9H17N3O4/c1-2-5-12(6-8(14)15)9(16)11-4-3-7(10)13/h2-6H2,1H3,(H2,10,13)(H,11,16)(H,14,15). The SMILES string of the molecule is CCCN(CC(=O)O)C(=O)NCCC(N)=O. The molecule has 3 amide bonds. The number of nitrogens with zero attached hydrogens (tertiary/aromatic N) is 1. The molecule has 0 spiro atoms. The molecule has 0 fully saturated rings. The molecule has 0 aliphatic rings. The number of hydrogen-bond acceptors (Lipinski definition) is 3. The molecule has 0 atom stereocenters. The summed E-state index contributed by atoms with van der Waals surface area (Å²) < 4.78 is 0. The number of urea groups is 1. The molecule has 0 aromatic carbocycles. The van der Waals surface area contributed by atoms with E-state index in [1.165, 1.54) is 4.90 Å². The maximum absolute atomic E-state index is 11.4. The van der Waals surface area contributed by atoms with E-state index in [1.54, 1.807) is 0 Å². The lowest BCUT2D eigenvalue weighted by molar-refractivity contribution is -0.137. The maximum atomic E-state index is 11.4. The molecule has 0 aliphatic heterocycles. The highest BCUT2D eigenvalue weighted by Crippen LogP contribution is 1.92. The maximum Gasteiger partial charge on any atom is 0.323 e. The van der Waals surface area contributed by atoms with Gasteiger partial charge in [0.2, 0.25) is 5.91 Å². The van der Waals surface area contributed by atoms with Crippen LogP contribution in [0.4, 0.5) is 4.79 Å². The van der Waals surface area contributed by atoms with E-state index in [1.807, 2.05) is 6.92 Å². The van der Waals surface area contributed by atoms with Crippen molar-refractivity contribution in [3.8, 4) is 0 Å². The Kier molecular flexibility index (Phi) is 6.66. The summed E-state index contributed by atoms with van der Waals surface area (Å²) in [7, 11) is 0. The van der Waals surface area contributed by atoms with Crippen molar-refractivity contribution in [1.82, 2.24) is 10.2 Å². The van der Waals surface area contributed by atoms with Crippen molar-refractivity contribution in [1.29, 1.82) is 0 Å². The third-order valence-corrected chi connectivity index (χ3v) is 1.75. The Balaban J connectivity index is 4.05. The number of carboxylic acid groups (broad SMARTS) is 1. The van der Waals surface area contributed by atoms with Gasteiger partial charge in [0.1, 0.15) is 6.54 Å². The zero-order valence-corrected chi connectivity index (χ0v) is 9.23. The molecular weight excluding hydrogens is 214 g/mol. The number of nitrogens with one attached hydrogen (secondary N) is 1. The fraction of sp³-hybridized carbons (Fsp3) is 0.667. The Morgan fingerprint density at radius 2 is 2.00 bits per heavy atom. The van der Waals surface area contributed by atoms with Crippen LogP contribution in [0, 0.1) is 0 Å². The molecule has 0 unspecified atom stereocenters. The molecule has 92 valence electrons. The zero-order valence-electron chi connectivity index (χ0n) is 9.23. The zero-order chi connectivity index (χ0) is 12.6. The fourth-order valence-corrected chi connectivity index (χ4v) is 1.09. The molecule has 0 rings (SSSR count). The van der Waals surface area contributed by atoms with Crippen LogP contribution in [0.25, 0.3) is 0 Å². The fourth-order valence-electron chi connectivity index (χ4n) is 1.09. The molecule has 16 heavy (non-hydrogen) atoms. The molecule has 0 saturated carbocycles. The molecule has 0 aromatic rings. The number of primary amides is 1. The normalized spacial score (nSPS) is 9.56. The van der Waals surface area contributed by atoms with Crippen LogP contribution in [0.3, 0.4) is 0 Å². The first-order chi connectivity index (χ1) is 7.47. The average molecular weight is 231 g/mol. The number of rotatable bonds is 7. The van der Waals surface area contributed by atoms with Gasteiger partial charge in [-0.2, -0.15) is 0 Å². The number of nitrogens with two attached hydrogens (primary N) is 1. The number of aliphatic carboxylic acids is 1. The van der Waals surface area contributed by atoms with E-state index in [-0.39, 0.29) is 19.5 Å². The minimum Gasteiger partial charge on any atom is -0.480 e. The number of carboxylic acids is 1. The summed E-state index contributed by atoms with van der Waals surface area (Å²) in [6.07, 6.45) is 0.704. The highest BCUT2D eigenvalue weighted by Gasteiger charge is 2.15. The van der Waals surface area contributed by atoms with Gasteiger partial charge in [-0.15, -0.1) is 0 Å². The van der Waals surface area contributed by atoms with Crippen molar-refractivity contribution in [3.63, 3.8) is 0 Å². The molecule has 0 heterocycles. The Bertz CT molecular complexity index is 267. The van der Waals surface area contributed by atoms with E-state index in [0.717, 1.165) is 0 Å². The first-order valence-electron chi connectivity index (χ1n) is 5.00. The highest BCUT2D eigenvalue weighted by molar-refractivity contribution is 5.80. The molecule has 0 aliphatic carbocycles. The average Bonchev–Trinajstić information content (AvgIpc) is 2.15. The van der Waals surface area contributed by atoms with Crippen LogP contribution in [0.2, 0.25) is 0 Å². The van der Waals surface area contributed by atoms with Gasteiger partial charge in [0.25, 0.3) is 0 Å². The van der Waals surface area contributed by atoms with E-state index in [0.29, 0.717) is 13.0 Å². The summed E-state index contributed by atoms with van der Waals surface area (Å²) in [6.45, 7) is 1.96. The van der Waals surface area contributed by atoms with Gasteiger partial charge < -0.3 is 21.1 Å². The summed E-state index contributed by atoms with van der Waals surface area (Å²) in [5.74, 6) is -1.58. The van der Waals surface area contributed by atoms with E-state index < -0.39 is 17.9 Å².